The number of benzene rings is 1. The smallest absolute Gasteiger partial charge is 0.183 e. The van der Waals surface area contributed by atoms with E-state index in [-0.39, 0.29) is 5.78 Å². The number of carbonyl (C=O) groups is 1. The Morgan fingerprint density at radius 2 is 2.15 bits per heavy atom. The highest BCUT2D eigenvalue weighted by molar-refractivity contribution is 6.03. The fourth-order valence-corrected chi connectivity index (χ4v) is 3.59. The van der Waals surface area contributed by atoms with Crippen molar-refractivity contribution in [2.24, 2.45) is 5.92 Å². The lowest BCUT2D eigenvalue weighted by atomic mass is 9.89. The number of rotatable bonds is 0. The molecule has 2 aromatic rings. The molecule has 20 heavy (non-hydrogen) atoms. The molecule has 1 aliphatic heterocycles. The number of fused-ring (bicyclic) bond motifs is 4. The summed E-state index contributed by atoms with van der Waals surface area (Å²) in [7, 11) is 2.15. The van der Waals surface area contributed by atoms with Crippen molar-refractivity contribution in [3.05, 3.63) is 47.2 Å². The lowest BCUT2D eigenvalue weighted by Gasteiger charge is -2.29. The molecule has 1 aromatic heterocycles. The van der Waals surface area contributed by atoms with Gasteiger partial charge in [0.25, 0.3) is 0 Å². The number of likely N-dealkylation sites (N-methyl/N-ethyl adjacent to an activating group) is 1. The minimum atomic E-state index is 0.245. The second-order valence-corrected chi connectivity index (χ2v) is 6.03. The molecule has 102 valence electrons. The van der Waals surface area contributed by atoms with E-state index in [1.54, 1.807) is 0 Å². The van der Waals surface area contributed by atoms with Gasteiger partial charge in [-0.05, 0) is 31.0 Å². The molecule has 0 amide bonds. The highest BCUT2D eigenvalue weighted by Crippen LogP contribution is 2.34. The number of carbonyl (C=O) groups excluding carboxylic acids is 1. The molecule has 3 nitrogen and oxygen atoms in total. The number of para-hydroxylation sites is 1. The van der Waals surface area contributed by atoms with Crippen LogP contribution in [0.25, 0.3) is 10.9 Å². The van der Waals surface area contributed by atoms with E-state index in [9.17, 15) is 4.79 Å². The van der Waals surface area contributed by atoms with Crippen molar-refractivity contribution >= 4 is 16.7 Å². The fourth-order valence-electron chi connectivity index (χ4n) is 3.59. The molecule has 4 rings (SSSR count). The van der Waals surface area contributed by atoms with Crippen LogP contribution in [0.2, 0.25) is 0 Å². The van der Waals surface area contributed by atoms with Crippen LogP contribution in [0.5, 0.6) is 0 Å². The topological polar surface area (TPSA) is 36.1 Å². The minimum Gasteiger partial charge on any atom is -0.352 e. The quantitative estimate of drug-likeness (QED) is 0.744. The Kier molecular flexibility index (Phi) is 2.57. The molecule has 0 radical (unpaired) electrons. The van der Waals surface area contributed by atoms with Gasteiger partial charge in [-0.2, -0.15) is 0 Å². The summed E-state index contributed by atoms with van der Waals surface area (Å²) in [5, 5.41) is 1.21. The van der Waals surface area contributed by atoms with Gasteiger partial charge in [0.1, 0.15) is 0 Å². The van der Waals surface area contributed by atoms with E-state index in [2.05, 4.69) is 41.2 Å². The number of hydrogen-bond acceptors (Lipinski definition) is 2. The Balaban J connectivity index is 1.87. The number of hydrogen-bond donors (Lipinski definition) is 1. The van der Waals surface area contributed by atoms with Crippen molar-refractivity contribution in [3.63, 3.8) is 0 Å². The molecule has 0 spiro atoms. The number of aromatic nitrogens is 1. The first kappa shape index (κ1) is 11.9. The van der Waals surface area contributed by atoms with Crippen molar-refractivity contribution in [2.75, 3.05) is 20.1 Å². The van der Waals surface area contributed by atoms with Gasteiger partial charge >= 0.3 is 0 Å². The molecular formula is C17H18N2O. The minimum absolute atomic E-state index is 0.245. The molecule has 2 heterocycles. The highest BCUT2D eigenvalue weighted by atomic mass is 16.1. The Morgan fingerprint density at radius 3 is 3.05 bits per heavy atom. The molecule has 0 saturated carbocycles. The number of ketones is 1. The summed E-state index contributed by atoms with van der Waals surface area (Å²) >= 11 is 0. The van der Waals surface area contributed by atoms with Gasteiger partial charge in [0.05, 0.1) is 5.69 Å². The predicted octanol–water partition coefficient (Wildman–Crippen LogP) is 2.78. The van der Waals surface area contributed by atoms with Crippen molar-refractivity contribution in [1.82, 2.24) is 9.88 Å². The van der Waals surface area contributed by atoms with E-state index >= 15 is 0 Å². The molecule has 1 unspecified atom stereocenters. The van der Waals surface area contributed by atoms with Crippen LogP contribution in [0.15, 0.2) is 35.9 Å². The van der Waals surface area contributed by atoms with Crippen molar-refractivity contribution in [2.45, 2.75) is 12.8 Å². The second kappa shape index (κ2) is 4.32. The van der Waals surface area contributed by atoms with Gasteiger partial charge < -0.3 is 9.88 Å². The summed E-state index contributed by atoms with van der Waals surface area (Å²) in [6.45, 7) is 2.02. The Hall–Kier alpha value is -1.87. The van der Waals surface area contributed by atoms with Gasteiger partial charge in [-0.1, -0.05) is 29.8 Å². The number of aromatic amines is 1. The first-order valence-corrected chi connectivity index (χ1v) is 7.22. The van der Waals surface area contributed by atoms with Crippen LogP contribution in [-0.4, -0.2) is 35.8 Å². The van der Waals surface area contributed by atoms with Gasteiger partial charge in [0.15, 0.2) is 5.78 Å². The molecule has 0 saturated heterocycles. The van der Waals surface area contributed by atoms with E-state index in [1.807, 2.05) is 6.07 Å². The van der Waals surface area contributed by atoms with Crippen LogP contribution in [0.1, 0.15) is 22.5 Å². The largest absolute Gasteiger partial charge is 0.352 e. The lowest BCUT2D eigenvalue weighted by Crippen LogP contribution is -2.32. The summed E-state index contributed by atoms with van der Waals surface area (Å²) in [6.07, 6.45) is 3.81. The maximum Gasteiger partial charge on any atom is 0.183 e. The first-order valence-electron chi connectivity index (χ1n) is 7.22. The van der Waals surface area contributed by atoms with Crippen LogP contribution in [0.4, 0.5) is 0 Å². The third kappa shape index (κ3) is 1.74. The van der Waals surface area contributed by atoms with Crippen molar-refractivity contribution < 1.29 is 4.79 Å². The fraction of sp³-hybridized carbons (Fsp3) is 0.353. The SMILES string of the molecule is CN1CC=C2CC(=O)c3[nH]c4ccccc4c3CC2C1. The zero-order chi connectivity index (χ0) is 13.7. The van der Waals surface area contributed by atoms with Gasteiger partial charge in [0.2, 0.25) is 0 Å². The van der Waals surface area contributed by atoms with Gasteiger partial charge in [-0.25, -0.2) is 0 Å². The monoisotopic (exact) mass is 266 g/mol. The van der Waals surface area contributed by atoms with E-state index in [0.29, 0.717) is 12.3 Å². The maximum atomic E-state index is 12.5. The summed E-state index contributed by atoms with van der Waals surface area (Å²) in [5.74, 6) is 0.729. The number of Topliss-reactive ketones (excluding diaryl/α,β-unsaturated/α-hetero) is 1. The molecule has 3 heteroatoms. The van der Waals surface area contributed by atoms with E-state index < -0.39 is 0 Å². The summed E-state index contributed by atoms with van der Waals surface area (Å²) in [5.41, 5.74) is 4.47. The van der Waals surface area contributed by atoms with Gasteiger partial charge in [-0.15, -0.1) is 0 Å². The zero-order valence-electron chi connectivity index (χ0n) is 11.6. The lowest BCUT2D eigenvalue weighted by molar-refractivity contribution is 0.0986. The predicted molar refractivity (Wildman–Crippen MR) is 80.0 cm³/mol. The van der Waals surface area contributed by atoms with Crippen LogP contribution in [0, 0.1) is 5.92 Å². The highest BCUT2D eigenvalue weighted by Gasteiger charge is 2.30. The van der Waals surface area contributed by atoms with Crippen LogP contribution in [-0.2, 0) is 6.42 Å². The Morgan fingerprint density at radius 1 is 1.30 bits per heavy atom. The number of nitrogens with zero attached hydrogens (tertiary/aromatic N) is 1. The average molecular weight is 266 g/mol. The van der Waals surface area contributed by atoms with Crippen molar-refractivity contribution in [3.8, 4) is 0 Å². The molecular weight excluding hydrogens is 248 g/mol. The third-order valence-corrected chi connectivity index (χ3v) is 4.63. The number of H-pyrrole nitrogens is 1. The third-order valence-electron chi connectivity index (χ3n) is 4.63. The zero-order valence-corrected chi connectivity index (χ0v) is 11.6. The van der Waals surface area contributed by atoms with E-state index in [4.69, 9.17) is 0 Å². The van der Waals surface area contributed by atoms with Crippen LogP contribution < -0.4 is 0 Å². The molecule has 2 aliphatic rings. The van der Waals surface area contributed by atoms with Gasteiger partial charge in [-0.3, -0.25) is 4.79 Å². The molecule has 1 atom stereocenters. The van der Waals surface area contributed by atoms with E-state index in [1.165, 1.54) is 16.5 Å². The van der Waals surface area contributed by atoms with Crippen molar-refractivity contribution in [1.29, 1.82) is 0 Å². The Labute approximate surface area is 118 Å². The summed E-state index contributed by atoms with van der Waals surface area (Å²) in [4.78, 5) is 18.2. The standard InChI is InChI=1S/C17H18N2O/c1-19-7-6-11-9-16(20)17-14(8-12(11)10-19)13-4-2-3-5-15(13)18-17/h2-6,12,18H,7-10H2,1H3. The summed E-state index contributed by atoms with van der Waals surface area (Å²) in [6, 6.07) is 8.25. The molecule has 0 bridgehead atoms. The second-order valence-electron chi connectivity index (χ2n) is 6.03. The maximum absolute atomic E-state index is 12.5. The average Bonchev–Trinajstić information content (AvgIpc) is 2.74. The Bertz CT molecular complexity index is 726. The normalized spacial score (nSPS) is 23.1. The number of nitrogens with one attached hydrogen (secondary N) is 1. The molecule has 0 fully saturated rings. The molecule has 1 aromatic carbocycles. The summed E-state index contributed by atoms with van der Waals surface area (Å²) < 4.78 is 0. The van der Waals surface area contributed by atoms with Crippen LogP contribution in [0.3, 0.4) is 0 Å². The molecule has 1 aliphatic carbocycles. The van der Waals surface area contributed by atoms with E-state index in [0.717, 1.165) is 30.7 Å². The van der Waals surface area contributed by atoms with Crippen LogP contribution >= 0.6 is 0 Å². The molecule has 1 N–H and O–H groups in total. The van der Waals surface area contributed by atoms with Gasteiger partial charge in [0, 0.05) is 30.4 Å². The first-order chi connectivity index (χ1) is 9.72.